The lowest BCUT2D eigenvalue weighted by Gasteiger charge is -2.07. The van der Waals surface area contributed by atoms with E-state index >= 15 is 0 Å². The van der Waals surface area contributed by atoms with Gasteiger partial charge in [-0.3, -0.25) is 5.10 Å². The van der Waals surface area contributed by atoms with E-state index in [-0.39, 0.29) is 0 Å². The van der Waals surface area contributed by atoms with Crippen LogP contribution in [-0.2, 0) is 0 Å². The van der Waals surface area contributed by atoms with E-state index in [1.807, 2.05) is 19.2 Å². The molecule has 3 aromatic heterocycles. The van der Waals surface area contributed by atoms with Crippen LogP contribution in [-0.4, -0.2) is 26.9 Å². The van der Waals surface area contributed by atoms with Gasteiger partial charge < -0.3 is 4.74 Å². The van der Waals surface area contributed by atoms with Crippen LogP contribution in [0.5, 0.6) is 5.75 Å². The van der Waals surface area contributed by atoms with Crippen LogP contribution in [0.15, 0.2) is 24.7 Å². The Morgan fingerprint density at radius 1 is 1.42 bits per heavy atom. The molecule has 0 fully saturated rings. The number of hydrogen-bond donors (Lipinski definition) is 1. The standard InChI is InChI=1S/C13H11N5O/c1-8-11(6-15-17-8)9-3-12(19-2)13-10(4-14)5-16-18(13)7-9/h3,5-7H,1-2H3,(H,15,17). The van der Waals surface area contributed by atoms with E-state index in [9.17, 15) is 0 Å². The third-order valence-corrected chi connectivity index (χ3v) is 3.06. The van der Waals surface area contributed by atoms with Gasteiger partial charge in [-0.1, -0.05) is 0 Å². The summed E-state index contributed by atoms with van der Waals surface area (Å²) in [5.74, 6) is 0.618. The fourth-order valence-corrected chi connectivity index (χ4v) is 2.11. The van der Waals surface area contributed by atoms with Crippen LogP contribution < -0.4 is 4.74 Å². The number of aromatic amines is 1. The molecule has 0 saturated heterocycles. The van der Waals surface area contributed by atoms with Gasteiger partial charge in [0.1, 0.15) is 22.9 Å². The Kier molecular flexibility index (Phi) is 2.46. The SMILES string of the molecule is COc1cc(-c2cn[nH]c2C)cn2ncc(C#N)c12. The molecule has 19 heavy (non-hydrogen) atoms. The highest BCUT2D eigenvalue weighted by atomic mass is 16.5. The van der Waals surface area contributed by atoms with Crippen molar-refractivity contribution in [3.63, 3.8) is 0 Å². The molecular weight excluding hydrogens is 242 g/mol. The predicted molar refractivity (Wildman–Crippen MR) is 68.8 cm³/mol. The quantitative estimate of drug-likeness (QED) is 0.756. The topological polar surface area (TPSA) is 79.0 Å². The Balaban J connectivity index is 2.31. The number of pyridine rings is 1. The second-order valence-corrected chi connectivity index (χ2v) is 4.17. The van der Waals surface area contributed by atoms with Gasteiger partial charge in [0.05, 0.1) is 19.5 Å². The zero-order valence-corrected chi connectivity index (χ0v) is 10.5. The van der Waals surface area contributed by atoms with Gasteiger partial charge in [-0.05, 0) is 13.0 Å². The molecule has 94 valence electrons. The maximum Gasteiger partial charge on any atom is 0.146 e. The lowest BCUT2D eigenvalue weighted by atomic mass is 10.1. The molecule has 3 rings (SSSR count). The van der Waals surface area contributed by atoms with E-state index in [4.69, 9.17) is 10.00 Å². The second kappa shape index (κ2) is 4.14. The average Bonchev–Trinajstić information content (AvgIpc) is 3.03. The molecule has 6 heteroatoms. The number of ether oxygens (including phenoxy) is 1. The maximum absolute atomic E-state index is 9.07. The number of rotatable bonds is 2. The molecule has 0 spiro atoms. The molecule has 0 unspecified atom stereocenters. The molecule has 0 atom stereocenters. The van der Waals surface area contributed by atoms with Crippen molar-refractivity contribution in [2.45, 2.75) is 6.92 Å². The predicted octanol–water partition coefficient (Wildman–Crippen LogP) is 1.91. The molecule has 0 radical (unpaired) electrons. The Hall–Kier alpha value is -2.81. The number of aryl methyl sites for hydroxylation is 1. The van der Waals surface area contributed by atoms with E-state index in [0.717, 1.165) is 16.8 Å². The molecule has 0 amide bonds. The first kappa shape index (κ1) is 11.3. The summed E-state index contributed by atoms with van der Waals surface area (Å²) in [5.41, 5.74) is 4.05. The van der Waals surface area contributed by atoms with E-state index in [1.165, 1.54) is 6.20 Å². The molecule has 6 nitrogen and oxygen atoms in total. The summed E-state index contributed by atoms with van der Waals surface area (Å²) in [7, 11) is 1.58. The van der Waals surface area contributed by atoms with Crippen LogP contribution in [0.2, 0.25) is 0 Å². The molecule has 3 aromatic rings. The number of hydrogen-bond acceptors (Lipinski definition) is 4. The first-order chi connectivity index (χ1) is 9.24. The third-order valence-electron chi connectivity index (χ3n) is 3.06. The van der Waals surface area contributed by atoms with Crippen LogP contribution in [0.1, 0.15) is 11.3 Å². The van der Waals surface area contributed by atoms with Crippen molar-refractivity contribution in [3.05, 3.63) is 35.9 Å². The second-order valence-electron chi connectivity index (χ2n) is 4.17. The van der Waals surface area contributed by atoms with Gasteiger partial charge in [0.15, 0.2) is 0 Å². The van der Waals surface area contributed by atoms with E-state index in [2.05, 4.69) is 21.4 Å². The van der Waals surface area contributed by atoms with Gasteiger partial charge in [0.25, 0.3) is 0 Å². The first-order valence-electron chi connectivity index (χ1n) is 5.70. The number of fused-ring (bicyclic) bond motifs is 1. The van der Waals surface area contributed by atoms with Crippen LogP contribution in [0.3, 0.4) is 0 Å². The summed E-state index contributed by atoms with van der Waals surface area (Å²) in [6.07, 6.45) is 5.14. The monoisotopic (exact) mass is 253 g/mol. The van der Waals surface area contributed by atoms with E-state index < -0.39 is 0 Å². The van der Waals surface area contributed by atoms with Gasteiger partial charge in [0, 0.05) is 23.0 Å². The minimum Gasteiger partial charge on any atom is -0.494 e. The minimum absolute atomic E-state index is 0.493. The van der Waals surface area contributed by atoms with Gasteiger partial charge in [-0.2, -0.15) is 15.5 Å². The van der Waals surface area contributed by atoms with Crippen LogP contribution in [0.25, 0.3) is 16.6 Å². The number of nitriles is 1. The van der Waals surface area contributed by atoms with Crippen LogP contribution >= 0.6 is 0 Å². The Morgan fingerprint density at radius 2 is 2.26 bits per heavy atom. The highest BCUT2D eigenvalue weighted by molar-refractivity contribution is 5.75. The van der Waals surface area contributed by atoms with E-state index in [1.54, 1.807) is 17.8 Å². The van der Waals surface area contributed by atoms with Crippen LogP contribution in [0.4, 0.5) is 0 Å². The summed E-state index contributed by atoms with van der Waals surface area (Å²) in [5, 5.41) is 20.2. The van der Waals surface area contributed by atoms with Crippen molar-refractivity contribution in [2.24, 2.45) is 0 Å². The molecule has 3 heterocycles. The number of H-pyrrole nitrogens is 1. The largest absolute Gasteiger partial charge is 0.494 e. The highest BCUT2D eigenvalue weighted by Gasteiger charge is 2.13. The minimum atomic E-state index is 0.493. The lowest BCUT2D eigenvalue weighted by Crippen LogP contribution is -1.94. The van der Waals surface area contributed by atoms with E-state index in [0.29, 0.717) is 16.8 Å². The Labute approximate surface area is 109 Å². The van der Waals surface area contributed by atoms with Gasteiger partial charge >= 0.3 is 0 Å². The average molecular weight is 253 g/mol. The number of methoxy groups -OCH3 is 1. The van der Waals surface area contributed by atoms with Crippen molar-refractivity contribution >= 4 is 5.52 Å². The molecule has 0 aliphatic heterocycles. The summed E-state index contributed by atoms with van der Waals surface area (Å²) in [6.45, 7) is 1.95. The zero-order valence-electron chi connectivity index (χ0n) is 10.5. The summed E-state index contributed by atoms with van der Waals surface area (Å²) >= 11 is 0. The number of nitrogens with one attached hydrogen (secondary N) is 1. The smallest absolute Gasteiger partial charge is 0.146 e. The molecule has 0 saturated carbocycles. The van der Waals surface area contributed by atoms with Crippen molar-refractivity contribution in [1.29, 1.82) is 5.26 Å². The number of nitrogens with zero attached hydrogens (tertiary/aromatic N) is 4. The fraction of sp³-hybridized carbons (Fsp3) is 0.154. The van der Waals surface area contributed by atoms with Gasteiger partial charge in [0.2, 0.25) is 0 Å². The lowest BCUT2D eigenvalue weighted by molar-refractivity contribution is 0.417. The fourth-order valence-electron chi connectivity index (χ4n) is 2.11. The van der Waals surface area contributed by atoms with Crippen molar-refractivity contribution in [3.8, 4) is 22.9 Å². The van der Waals surface area contributed by atoms with Crippen LogP contribution in [0, 0.1) is 18.3 Å². The highest BCUT2D eigenvalue weighted by Crippen LogP contribution is 2.30. The zero-order chi connectivity index (χ0) is 13.4. The van der Waals surface area contributed by atoms with Gasteiger partial charge in [-0.25, -0.2) is 4.52 Å². The molecule has 0 aliphatic carbocycles. The first-order valence-corrected chi connectivity index (χ1v) is 5.70. The van der Waals surface area contributed by atoms with Gasteiger partial charge in [-0.15, -0.1) is 0 Å². The Bertz CT molecular complexity index is 793. The van der Waals surface area contributed by atoms with Crippen molar-refractivity contribution in [2.75, 3.05) is 7.11 Å². The van der Waals surface area contributed by atoms with Crippen molar-refractivity contribution < 1.29 is 4.74 Å². The molecule has 1 N–H and O–H groups in total. The maximum atomic E-state index is 9.07. The summed E-state index contributed by atoms with van der Waals surface area (Å²) in [6, 6.07) is 3.99. The molecular formula is C13H11N5O. The summed E-state index contributed by atoms with van der Waals surface area (Å²) in [4.78, 5) is 0. The van der Waals surface area contributed by atoms with Crippen molar-refractivity contribution in [1.82, 2.24) is 19.8 Å². The molecule has 0 aromatic carbocycles. The number of aromatic nitrogens is 4. The summed E-state index contributed by atoms with van der Waals surface area (Å²) < 4.78 is 7.02. The molecule has 0 bridgehead atoms. The normalized spacial score (nSPS) is 10.6. The Morgan fingerprint density at radius 3 is 2.89 bits per heavy atom. The third kappa shape index (κ3) is 1.64. The molecule has 0 aliphatic rings.